The van der Waals surface area contributed by atoms with Crippen molar-refractivity contribution in [2.45, 2.75) is 31.3 Å². The summed E-state index contributed by atoms with van der Waals surface area (Å²) in [5.74, 6) is -1.40. The molecule has 0 bridgehead atoms. The first kappa shape index (κ1) is 26.3. The molecule has 2 amide bonds. The van der Waals surface area contributed by atoms with E-state index in [9.17, 15) is 18.9 Å². The topological polar surface area (TPSA) is 145 Å². The summed E-state index contributed by atoms with van der Waals surface area (Å²) in [5.41, 5.74) is 7.17. The molecule has 4 atom stereocenters. The number of rotatable bonds is 7. The summed E-state index contributed by atoms with van der Waals surface area (Å²) >= 11 is 0. The lowest BCUT2D eigenvalue weighted by Crippen LogP contribution is -2.62. The van der Waals surface area contributed by atoms with Crippen molar-refractivity contribution in [3.05, 3.63) is 23.4 Å². The molecule has 198 valence electrons. The first-order chi connectivity index (χ1) is 17.4. The Morgan fingerprint density at radius 2 is 2.00 bits per heavy atom. The lowest BCUT2D eigenvalue weighted by Gasteiger charge is -2.40. The molecule has 13 heteroatoms. The van der Waals surface area contributed by atoms with Gasteiger partial charge < -0.3 is 25.6 Å². The number of nitrogens with two attached hydrogens (primary N) is 1. The van der Waals surface area contributed by atoms with Gasteiger partial charge in [0.05, 0.1) is 37.0 Å². The summed E-state index contributed by atoms with van der Waals surface area (Å²) in [7, 11) is 1.67. The first-order valence-corrected chi connectivity index (χ1v) is 12.4. The molecular formula is C23H35FN8O4. The fourth-order valence-corrected chi connectivity index (χ4v) is 5.23. The third kappa shape index (κ3) is 5.97. The van der Waals surface area contributed by atoms with Gasteiger partial charge in [0, 0.05) is 51.4 Å². The molecule has 3 fully saturated rings. The standard InChI is InChI=1S/C23H35FN8O4/c1-30-14-16(24)12-27-21(30)19(20(25)29-35)22(33)28-17-13-26-5-2-18(17)31-6-3-15(4-7-31)23(34)32-8-10-36-11-9-32/h2,5,13,15-16,19-21,27H,3-4,6-12,14,25H2,1H3,(H,28,33). The molecule has 0 spiro atoms. The van der Waals surface area contributed by atoms with Crippen LogP contribution in [0, 0.1) is 16.7 Å². The Morgan fingerprint density at radius 3 is 2.67 bits per heavy atom. The van der Waals surface area contributed by atoms with Crippen molar-refractivity contribution in [2.75, 3.05) is 69.7 Å². The van der Waals surface area contributed by atoms with E-state index in [0.29, 0.717) is 57.9 Å². The van der Waals surface area contributed by atoms with Gasteiger partial charge in [0.15, 0.2) is 6.17 Å². The van der Waals surface area contributed by atoms with Crippen molar-refractivity contribution in [3.8, 4) is 0 Å². The largest absolute Gasteiger partial charge is 0.378 e. The van der Waals surface area contributed by atoms with Crippen molar-refractivity contribution in [2.24, 2.45) is 22.7 Å². The average molecular weight is 507 g/mol. The second-order valence-electron chi connectivity index (χ2n) is 9.59. The van der Waals surface area contributed by atoms with Crippen molar-refractivity contribution in [1.82, 2.24) is 20.1 Å². The van der Waals surface area contributed by atoms with E-state index in [2.05, 4.69) is 25.7 Å². The normalized spacial score (nSPS) is 25.8. The number of ether oxygens (including phenoxy) is 1. The Hall–Kier alpha value is -2.74. The van der Waals surface area contributed by atoms with Crippen LogP contribution in [0.15, 0.2) is 23.6 Å². The summed E-state index contributed by atoms with van der Waals surface area (Å²) in [6.45, 7) is 3.90. The number of hydrogen-bond acceptors (Lipinski definition) is 10. The van der Waals surface area contributed by atoms with Gasteiger partial charge in [-0.05, 0) is 26.0 Å². The van der Waals surface area contributed by atoms with Gasteiger partial charge in [0.25, 0.3) is 0 Å². The summed E-state index contributed by atoms with van der Waals surface area (Å²) < 4.78 is 19.1. The molecule has 3 aliphatic rings. The minimum absolute atomic E-state index is 0.0347. The van der Waals surface area contributed by atoms with E-state index in [4.69, 9.17) is 10.5 Å². The van der Waals surface area contributed by atoms with Gasteiger partial charge >= 0.3 is 0 Å². The quantitative estimate of drug-likeness (QED) is 0.434. The lowest BCUT2D eigenvalue weighted by atomic mass is 9.94. The van der Waals surface area contributed by atoms with Gasteiger partial charge in [-0.15, -0.1) is 4.91 Å². The molecule has 4 unspecified atom stereocenters. The summed E-state index contributed by atoms with van der Waals surface area (Å²) in [6, 6.07) is 1.81. The number of nitroso groups, excluding NO2 is 1. The monoisotopic (exact) mass is 506 g/mol. The van der Waals surface area contributed by atoms with Crippen LogP contribution in [0.2, 0.25) is 0 Å². The molecule has 0 aromatic carbocycles. The van der Waals surface area contributed by atoms with Gasteiger partial charge in [-0.2, -0.15) is 0 Å². The number of aromatic nitrogens is 1. The molecule has 36 heavy (non-hydrogen) atoms. The minimum Gasteiger partial charge on any atom is -0.378 e. The molecule has 4 heterocycles. The van der Waals surface area contributed by atoms with Crippen LogP contribution < -0.4 is 21.3 Å². The van der Waals surface area contributed by atoms with Crippen LogP contribution in [0.5, 0.6) is 0 Å². The predicted molar refractivity (Wildman–Crippen MR) is 132 cm³/mol. The number of piperidine rings is 1. The van der Waals surface area contributed by atoms with Crippen LogP contribution in [-0.4, -0.2) is 105 Å². The number of hydrogen-bond donors (Lipinski definition) is 3. The van der Waals surface area contributed by atoms with Gasteiger partial charge in [-0.25, -0.2) is 4.39 Å². The van der Waals surface area contributed by atoms with Crippen molar-refractivity contribution in [3.63, 3.8) is 0 Å². The van der Waals surface area contributed by atoms with Crippen LogP contribution in [0.1, 0.15) is 12.8 Å². The zero-order valence-electron chi connectivity index (χ0n) is 20.5. The molecule has 3 aliphatic heterocycles. The molecule has 0 radical (unpaired) electrons. The molecule has 1 aromatic heterocycles. The smallest absolute Gasteiger partial charge is 0.234 e. The number of anilines is 2. The summed E-state index contributed by atoms with van der Waals surface area (Å²) in [5, 5.41) is 8.72. The summed E-state index contributed by atoms with van der Waals surface area (Å²) in [4.78, 5) is 47.3. The van der Waals surface area contributed by atoms with Gasteiger partial charge in [-0.3, -0.25) is 24.8 Å². The number of morpholine rings is 1. The van der Waals surface area contributed by atoms with Crippen LogP contribution in [-0.2, 0) is 14.3 Å². The molecule has 1 aromatic rings. The second kappa shape index (κ2) is 12.0. The van der Waals surface area contributed by atoms with E-state index in [1.165, 1.54) is 0 Å². The van der Waals surface area contributed by atoms with E-state index in [1.54, 1.807) is 24.3 Å². The SMILES string of the molecule is CN1CC(F)CNC1C(C(=O)Nc1cnccc1N1CCC(C(=O)N2CCOCC2)CC1)C(N)N=O. The maximum absolute atomic E-state index is 13.8. The molecule has 0 saturated carbocycles. The Balaban J connectivity index is 1.43. The van der Waals surface area contributed by atoms with Crippen LogP contribution >= 0.6 is 0 Å². The molecular weight excluding hydrogens is 471 g/mol. The molecule has 0 aliphatic carbocycles. The molecule has 12 nitrogen and oxygen atoms in total. The number of nitrogens with one attached hydrogen (secondary N) is 2. The fourth-order valence-electron chi connectivity index (χ4n) is 5.23. The highest BCUT2D eigenvalue weighted by atomic mass is 19.1. The Bertz CT molecular complexity index is 925. The Labute approximate surface area is 209 Å². The van der Waals surface area contributed by atoms with Crippen LogP contribution in [0.3, 0.4) is 0 Å². The number of halogens is 1. The number of carbonyl (C=O) groups excluding carboxylic acids is 2. The summed E-state index contributed by atoms with van der Waals surface area (Å²) in [6.07, 6.45) is 1.55. The minimum atomic E-state index is -1.32. The highest BCUT2D eigenvalue weighted by Crippen LogP contribution is 2.31. The number of amides is 2. The fraction of sp³-hybridized carbons (Fsp3) is 0.696. The van der Waals surface area contributed by atoms with Crippen LogP contribution in [0.25, 0.3) is 0 Å². The molecule has 4 N–H and O–H groups in total. The van der Waals surface area contributed by atoms with Crippen molar-refractivity contribution >= 4 is 23.2 Å². The highest BCUT2D eigenvalue weighted by molar-refractivity contribution is 5.96. The van der Waals surface area contributed by atoms with Crippen molar-refractivity contribution < 1.29 is 18.7 Å². The van der Waals surface area contributed by atoms with Gasteiger partial charge in [0.2, 0.25) is 11.8 Å². The number of carbonyl (C=O) groups is 2. The second-order valence-corrected chi connectivity index (χ2v) is 9.59. The number of alkyl halides is 1. The Morgan fingerprint density at radius 1 is 1.28 bits per heavy atom. The van der Waals surface area contributed by atoms with E-state index in [0.717, 1.165) is 5.69 Å². The van der Waals surface area contributed by atoms with Gasteiger partial charge in [0.1, 0.15) is 12.1 Å². The zero-order valence-corrected chi connectivity index (χ0v) is 20.5. The van der Waals surface area contributed by atoms with E-state index < -0.39 is 30.3 Å². The van der Waals surface area contributed by atoms with E-state index >= 15 is 0 Å². The van der Waals surface area contributed by atoms with E-state index in [1.807, 2.05) is 11.0 Å². The van der Waals surface area contributed by atoms with Crippen LogP contribution in [0.4, 0.5) is 15.8 Å². The third-order valence-electron chi connectivity index (χ3n) is 7.21. The lowest BCUT2D eigenvalue weighted by molar-refractivity contribution is -0.140. The zero-order chi connectivity index (χ0) is 25.7. The molecule has 3 saturated heterocycles. The Kier molecular flexibility index (Phi) is 8.77. The number of nitrogens with zero attached hydrogens (tertiary/aromatic N) is 5. The van der Waals surface area contributed by atoms with Crippen molar-refractivity contribution in [1.29, 1.82) is 0 Å². The number of pyridine rings is 1. The van der Waals surface area contributed by atoms with Gasteiger partial charge in [-0.1, -0.05) is 5.18 Å². The predicted octanol–water partition coefficient (Wildman–Crippen LogP) is -0.0381. The maximum Gasteiger partial charge on any atom is 0.234 e. The highest BCUT2D eigenvalue weighted by Gasteiger charge is 2.40. The van der Waals surface area contributed by atoms with E-state index in [-0.39, 0.29) is 24.9 Å². The third-order valence-corrected chi connectivity index (χ3v) is 7.21. The molecule has 4 rings (SSSR count). The maximum atomic E-state index is 13.8. The first-order valence-electron chi connectivity index (χ1n) is 12.4. The average Bonchev–Trinajstić information content (AvgIpc) is 2.90.